The highest BCUT2D eigenvalue weighted by molar-refractivity contribution is 5.47. The van der Waals surface area contributed by atoms with Gasteiger partial charge in [0.2, 0.25) is 0 Å². The van der Waals surface area contributed by atoms with Crippen molar-refractivity contribution >= 4 is 5.82 Å². The van der Waals surface area contributed by atoms with Gasteiger partial charge >= 0.3 is 0 Å². The minimum atomic E-state index is 0.331. The molecule has 2 rings (SSSR count). The Hall–Kier alpha value is -1.05. The minimum Gasteiger partial charge on any atom is -0.356 e. The van der Waals surface area contributed by atoms with Crippen LogP contribution in [0, 0.1) is 5.41 Å². The summed E-state index contributed by atoms with van der Waals surface area (Å²) >= 11 is 0. The first-order valence-electron chi connectivity index (χ1n) is 6.25. The molecule has 0 spiro atoms. The third-order valence-electron chi connectivity index (χ3n) is 2.99. The van der Waals surface area contributed by atoms with Crippen LogP contribution in [-0.4, -0.2) is 18.1 Å². The average molecular weight is 218 g/mol. The van der Waals surface area contributed by atoms with Gasteiger partial charge in [0.25, 0.3) is 0 Å². The second kappa shape index (κ2) is 4.44. The minimum absolute atomic E-state index is 0.331. The number of pyridine rings is 1. The lowest BCUT2D eigenvalue weighted by Gasteiger charge is -2.24. The van der Waals surface area contributed by atoms with Crippen LogP contribution in [0.25, 0.3) is 0 Å². The lowest BCUT2D eigenvalue weighted by molar-refractivity contribution is 0.411. The monoisotopic (exact) mass is 218 g/mol. The fourth-order valence-electron chi connectivity index (χ4n) is 2.35. The van der Waals surface area contributed by atoms with E-state index in [2.05, 4.69) is 42.8 Å². The summed E-state index contributed by atoms with van der Waals surface area (Å²) in [5.74, 6) is 1.22. The molecule has 0 N–H and O–H groups in total. The third-order valence-corrected chi connectivity index (χ3v) is 2.99. The Labute approximate surface area is 98.7 Å². The van der Waals surface area contributed by atoms with E-state index in [0.29, 0.717) is 5.41 Å². The number of rotatable bonds is 2. The smallest absolute Gasteiger partial charge is 0.131 e. The molecule has 16 heavy (non-hydrogen) atoms. The number of anilines is 1. The van der Waals surface area contributed by atoms with E-state index in [1.807, 2.05) is 6.20 Å². The summed E-state index contributed by atoms with van der Waals surface area (Å²) in [6.07, 6.45) is 5.64. The Morgan fingerprint density at radius 3 is 2.56 bits per heavy atom. The van der Waals surface area contributed by atoms with Crippen LogP contribution < -0.4 is 4.90 Å². The fraction of sp³-hybridized carbons (Fsp3) is 0.643. The third kappa shape index (κ3) is 2.75. The molecule has 1 aromatic heterocycles. The van der Waals surface area contributed by atoms with Crippen molar-refractivity contribution in [2.24, 2.45) is 5.41 Å². The molecule has 0 bridgehead atoms. The standard InChI is InChI=1S/C14H22N2/c1-14(2,3)11-12-7-6-8-15-13(12)16-9-4-5-10-16/h6-8H,4-5,9-11H2,1-3H3. The number of nitrogens with zero attached hydrogens (tertiary/aromatic N) is 2. The van der Waals surface area contributed by atoms with Crippen LogP contribution in [0.1, 0.15) is 39.2 Å². The number of hydrogen-bond acceptors (Lipinski definition) is 2. The first kappa shape index (κ1) is 11.4. The summed E-state index contributed by atoms with van der Waals surface area (Å²) in [4.78, 5) is 7.00. The van der Waals surface area contributed by atoms with Crippen molar-refractivity contribution in [1.29, 1.82) is 0 Å². The van der Waals surface area contributed by atoms with E-state index >= 15 is 0 Å². The van der Waals surface area contributed by atoms with E-state index in [4.69, 9.17) is 0 Å². The van der Waals surface area contributed by atoms with Crippen LogP contribution in [0.2, 0.25) is 0 Å². The summed E-state index contributed by atoms with van der Waals surface area (Å²) in [6.45, 7) is 9.21. The number of hydrogen-bond donors (Lipinski definition) is 0. The molecule has 0 aromatic carbocycles. The van der Waals surface area contributed by atoms with E-state index in [1.54, 1.807) is 0 Å². The normalized spacial score (nSPS) is 16.8. The zero-order valence-electron chi connectivity index (χ0n) is 10.7. The molecule has 2 heteroatoms. The van der Waals surface area contributed by atoms with E-state index < -0.39 is 0 Å². The molecule has 1 aliphatic heterocycles. The van der Waals surface area contributed by atoms with Crippen molar-refractivity contribution < 1.29 is 0 Å². The molecule has 0 unspecified atom stereocenters. The van der Waals surface area contributed by atoms with Crippen LogP contribution in [0.5, 0.6) is 0 Å². The largest absolute Gasteiger partial charge is 0.356 e. The topological polar surface area (TPSA) is 16.1 Å². The Kier molecular flexibility index (Phi) is 3.17. The quantitative estimate of drug-likeness (QED) is 0.757. The van der Waals surface area contributed by atoms with Gasteiger partial charge in [-0.25, -0.2) is 4.98 Å². The average Bonchev–Trinajstić information content (AvgIpc) is 2.69. The van der Waals surface area contributed by atoms with Crippen LogP contribution in [-0.2, 0) is 6.42 Å². The lowest BCUT2D eigenvalue weighted by atomic mass is 9.88. The number of aromatic nitrogens is 1. The van der Waals surface area contributed by atoms with Crippen LogP contribution >= 0.6 is 0 Å². The molecule has 0 saturated carbocycles. The van der Waals surface area contributed by atoms with Crippen molar-refractivity contribution in [2.45, 2.75) is 40.0 Å². The van der Waals surface area contributed by atoms with Gasteiger partial charge in [-0.1, -0.05) is 26.8 Å². The van der Waals surface area contributed by atoms with Crippen molar-refractivity contribution in [2.75, 3.05) is 18.0 Å². The van der Waals surface area contributed by atoms with E-state index in [9.17, 15) is 0 Å². The molecule has 1 saturated heterocycles. The Morgan fingerprint density at radius 1 is 1.25 bits per heavy atom. The second-order valence-electron chi connectivity index (χ2n) is 5.92. The van der Waals surface area contributed by atoms with E-state index in [0.717, 1.165) is 6.42 Å². The molecular weight excluding hydrogens is 196 g/mol. The first-order chi connectivity index (χ1) is 7.56. The van der Waals surface area contributed by atoms with E-state index in [1.165, 1.54) is 37.3 Å². The maximum atomic E-state index is 4.57. The highest BCUT2D eigenvalue weighted by Crippen LogP contribution is 2.28. The van der Waals surface area contributed by atoms with Crippen molar-refractivity contribution in [3.63, 3.8) is 0 Å². The van der Waals surface area contributed by atoms with Gasteiger partial charge in [-0.3, -0.25) is 0 Å². The molecule has 2 nitrogen and oxygen atoms in total. The SMILES string of the molecule is CC(C)(C)Cc1cccnc1N1CCCC1. The molecule has 0 aliphatic carbocycles. The van der Waals surface area contributed by atoms with Crippen LogP contribution in [0.15, 0.2) is 18.3 Å². The van der Waals surface area contributed by atoms with Crippen LogP contribution in [0.4, 0.5) is 5.82 Å². The summed E-state index contributed by atoms with van der Waals surface area (Å²) in [5, 5.41) is 0. The fourth-order valence-corrected chi connectivity index (χ4v) is 2.35. The molecular formula is C14H22N2. The summed E-state index contributed by atoms with van der Waals surface area (Å²) in [5.41, 5.74) is 1.73. The molecule has 0 radical (unpaired) electrons. The van der Waals surface area contributed by atoms with Gasteiger partial charge in [-0.15, -0.1) is 0 Å². The molecule has 88 valence electrons. The van der Waals surface area contributed by atoms with Gasteiger partial charge in [0.1, 0.15) is 5.82 Å². The molecule has 2 heterocycles. The highest BCUT2D eigenvalue weighted by atomic mass is 15.2. The summed E-state index contributed by atoms with van der Waals surface area (Å²) in [6, 6.07) is 4.28. The van der Waals surface area contributed by atoms with Crippen molar-refractivity contribution in [3.05, 3.63) is 23.9 Å². The Morgan fingerprint density at radius 2 is 1.94 bits per heavy atom. The second-order valence-corrected chi connectivity index (χ2v) is 5.92. The van der Waals surface area contributed by atoms with Gasteiger partial charge in [0, 0.05) is 19.3 Å². The van der Waals surface area contributed by atoms with Gasteiger partial charge in [0.15, 0.2) is 0 Å². The molecule has 1 fully saturated rings. The van der Waals surface area contributed by atoms with Gasteiger partial charge < -0.3 is 4.90 Å². The molecule has 0 atom stereocenters. The summed E-state index contributed by atoms with van der Waals surface area (Å²) < 4.78 is 0. The first-order valence-corrected chi connectivity index (χ1v) is 6.25. The zero-order chi connectivity index (χ0) is 11.6. The molecule has 0 amide bonds. The van der Waals surface area contributed by atoms with Crippen molar-refractivity contribution in [1.82, 2.24) is 4.98 Å². The Bertz CT molecular complexity index is 346. The maximum absolute atomic E-state index is 4.57. The zero-order valence-corrected chi connectivity index (χ0v) is 10.7. The molecule has 1 aliphatic rings. The van der Waals surface area contributed by atoms with Gasteiger partial charge in [0.05, 0.1) is 0 Å². The summed E-state index contributed by atoms with van der Waals surface area (Å²) in [7, 11) is 0. The van der Waals surface area contributed by atoms with Crippen LogP contribution in [0.3, 0.4) is 0 Å². The van der Waals surface area contributed by atoms with Gasteiger partial charge in [-0.05, 0) is 36.3 Å². The Balaban J connectivity index is 2.23. The lowest BCUT2D eigenvalue weighted by Crippen LogP contribution is -2.22. The maximum Gasteiger partial charge on any atom is 0.131 e. The predicted molar refractivity (Wildman–Crippen MR) is 68.8 cm³/mol. The van der Waals surface area contributed by atoms with Gasteiger partial charge in [-0.2, -0.15) is 0 Å². The highest BCUT2D eigenvalue weighted by Gasteiger charge is 2.20. The molecule has 1 aromatic rings. The van der Waals surface area contributed by atoms with E-state index in [-0.39, 0.29) is 0 Å². The van der Waals surface area contributed by atoms with Crippen molar-refractivity contribution in [3.8, 4) is 0 Å². The predicted octanol–water partition coefficient (Wildman–Crippen LogP) is 3.27.